The van der Waals surface area contributed by atoms with Crippen LogP contribution in [-0.2, 0) is 28.6 Å². The van der Waals surface area contributed by atoms with E-state index in [1.54, 1.807) is 21.1 Å². The lowest BCUT2D eigenvalue weighted by atomic mass is 10.1. The largest absolute Gasteiger partial charge is 0.544 e. The van der Waals surface area contributed by atoms with Gasteiger partial charge in [-0.15, -0.1) is 0 Å². The molecule has 8 nitrogen and oxygen atoms in total. The van der Waals surface area contributed by atoms with E-state index in [0.717, 1.165) is 77.0 Å². The molecule has 0 rings (SSSR count). The fourth-order valence-corrected chi connectivity index (χ4v) is 6.58. The van der Waals surface area contributed by atoms with Crippen LogP contribution in [0, 0.1) is 0 Å². The maximum atomic E-state index is 12.8. The smallest absolute Gasteiger partial charge is 0.306 e. The number of carbonyl (C=O) groups excluding carboxylic acids is 3. The molecule has 0 saturated carbocycles. The van der Waals surface area contributed by atoms with Crippen molar-refractivity contribution in [1.29, 1.82) is 0 Å². The van der Waals surface area contributed by atoms with Crippen LogP contribution in [0.25, 0.3) is 0 Å². The van der Waals surface area contributed by atoms with Gasteiger partial charge in [0.15, 0.2) is 6.10 Å². The summed E-state index contributed by atoms with van der Waals surface area (Å²) in [6.07, 6.45) is 66.6. The van der Waals surface area contributed by atoms with Gasteiger partial charge in [-0.2, -0.15) is 0 Å². The van der Waals surface area contributed by atoms with E-state index in [1.165, 1.54) is 51.4 Å². The van der Waals surface area contributed by atoms with Crippen molar-refractivity contribution >= 4 is 17.9 Å². The molecule has 0 fully saturated rings. The van der Waals surface area contributed by atoms with Gasteiger partial charge in [0.05, 0.1) is 40.3 Å². The number of unbranched alkanes of at least 4 members (excludes halogenated alkanes) is 10. The van der Waals surface area contributed by atoms with Crippen LogP contribution < -0.4 is 5.11 Å². The molecular formula is C58H93NO7. The number of ether oxygens (including phenoxy) is 3. The van der Waals surface area contributed by atoms with Crippen LogP contribution in [-0.4, -0.2) is 75.5 Å². The van der Waals surface area contributed by atoms with E-state index in [-0.39, 0.29) is 55.5 Å². The van der Waals surface area contributed by atoms with Crippen molar-refractivity contribution in [2.75, 3.05) is 41.0 Å². The number of hydrogen-bond donors (Lipinski definition) is 0. The Morgan fingerprint density at radius 3 is 1.12 bits per heavy atom. The van der Waals surface area contributed by atoms with E-state index in [1.807, 2.05) is 0 Å². The number of quaternary nitrogens is 1. The minimum atomic E-state index is -1.14. The molecular weight excluding hydrogens is 823 g/mol. The molecule has 2 atom stereocenters. The zero-order chi connectivity index (χ0) is 48.4. The fourth-order valence-electron chi connectivity index (χ4n) is 6.58. The molecule has 8 heteroatoms. The van der Waals surface area contributed by atoms with Crippen LogP contribution in [0.5, 0.6) is 0 Å². The summed E-state index contributed by atoms with van der Waals surface area (Å²) in [6, 6.07) is -0.750. The van der Waals surface area contributed by atoms with Gasteiger partial charge in [0, 0.05) is 19.3 Å². The van der Waals surface area contributed by atoms with Gasteiger partial charge in [-0.1, -0.05) is 161 Å². The Bertz CT molecular complexity index is 1490. The molecule has 0 aliphatic carbocycles. The Kier molecular flexibility index (Phi) is 44.2. The molecule has 0 aliphatic heterocycles. The molecule has 0 bridgehead atoms. The zero-order valence-electron chi connectivity index (χ0n) is 42.3. The van der Waals surface area contributed by atoms with Crippen molar-refractivity contribution in [3.05, 3.63) is 122 Å². The molecule has 0 aliphatic rings. The summed E-state index contributed by atoms with van der Waals surface area (Å²) in [7, 11) is 5.37. The van der Waals surface area contributed by atoms with E-state index in [9.17, 15) is 19.5 Å². The Morgan fingerprint density at radius 2 is 0.788 bits per heavy atom. The summed E-state index contributed by atoms with van der Waals surface area (Å²) in [5, 5.41) is 11.7. The highest BCUT2D eigenvalue weighted by molar-refractivity contribution is 5.70. The van der Waals surface area contributed by atoms with Crippen molar-refractivity contribution in [2.45, 2.75) is 187 Å². The Morgan fingerprint density at radius 1 is 0.455 bits per heavy atom. The van der Waals surface area contributed by atoms with Crippen LogP contribution in [0.3, 0.4) is 0 Å². The van der Waals surface area contributed by atoms with E-state index >= 15 is 0 Å². The van der Waals surface area contributed by atoms with Crippen LogP contribution >= 0.6 is 0 Å². The molecule has 66 heavy (non-hydrogen) atoms. The average molecular weight is 916 g/mol. The van der Waals surface area contributed by atoms with Gasteiger partial charge in [-0.25, -0.2) is 0 Å². The van der Waals surface area contributed by atoms with Crippen LogP contribution in [0.15, 0.2) is 122 Å². The first-order valence-corrected chi connectivity index (χ1v) is 25.6. The third kappa shape index (κ3) is 44.9. The Balaban J connectivity index is 4.47. The Labute approximate surface area is 403 Å². The first kappa shape index (κ1) is 61.7. The lowest BCUT2D eigenvalue weighted by Gasteiger charge is -2.34. The van der Waals surface area contributed by atoms with Crippen molar-refractivity contribution in [1.82, 2.24) is 0 Å². The van der Waals surface area contributed by atoms with Gasteiger partial charge < -0.3 is 28.6 Å². The van der Waals surface area contributed by atoms with Crippen molar-refractivity contribution in [3.63, 3.8) is 0 Å². The lowest BCUT2D eigenvalue weighted by molar-refractivity contribution is -0.889. The predicted molar refractivity (Wildman–Crippen MR) is 277 cm³/mol. The molecule has 372 valence electrons. The summed E-state index contributed by atoms with van der Waals surface area (Å²) in [6.45, 7) is 4.49. The number of carbonyl (C=O) groups is 3. The maximum absolute atomic E-state index is 12.8. The van der Waals surface area contributed by atoms with Crippen LogP contribution in [0.1, 0.15) is 174 Å². The molecule has 0 spiro atoms. The number of carboxylic acids is 1. The van der Waals surface area contributed by atoms with Gasteiger partial charge >= 0.3 is 11.9 Å². The minimum Gasteiger partial charge on any atom is -0.544 e. The average Bonchev–Trinajstić information content (AvgIpc) is 3.28. The standard InChI is InChI=1S/C58H93NO7/c1-6-8-10-12-14-16-18-20-22-24-26-28-30-32-34-36-38-40-42-44-46-48-56(60)65-53-54(52-64-51-50-55(58(62)63)59(3,4)5)66-57(61)49-47-45-43-41-39-37-35-33-31-29-27-25-23-21-19-17-15-13-11-9-7-2/h14-17,20-23,26-29,32-35,38-41,54-55H,6-13,18-19,24-25,30-31,36-37,42-53H2,1-5H3/b16-14+,17-15+,22-20+,23-21+,28-26+,29-27+,34-32+,35-33+,40-38+,41-39+. The second kappa shape index (κ2) is 47.2. The quantitative estimate of drug-likeness (QED) is 0.0260. The predicted octanol–water partition coefficient (Wildman–Crippen LogP) is 13.6. The minimum absolute atomic E-state index is 0.000382. The van der Waals surface area contributed by atoms with Gasteiger partial charge in [-0.05, 0) is 116 Å². The normalized spacial score (nSPS) is 13.9. The third-order valence-corrected chi connectivity index (χ3v) is 10.6. The second-order valence-electron chi connectivity index (χ2n) is 17.7. The third-order valence-electron chi connectivity index (χ3n) is 10.6. The van der Waals surface area contributed by atoms with E-state index in [0.29, 0.717) is 12.8 Å². The summed E-state index contributed by atoms with van der Waals surface area (Å²) in [4.78, 5) is 37.0. The topological polar surface area (TPSA) is 102 Å². The fraction of sp³-hybridized carbons (Fsp3) is 0.603. The number of hydrogen-bond acceptors (Lipinski definition) is 7. The maximum Gasteiger partial charge on any atom is 0.306 e. The number of allylic oxidation sites excluding steroid dienone is 20. The van der Waals surface area contributed by atoms with Crippen molar-refractivity contribution < 1.29 is 38.2 Å². The first-order chi connectivity index (χ1) is 32.1. The zero-order valence-corrected chi connectivity index (χ0v) is 42.3. The molecule has 0 amide bonds. The number of esters is 2. The summed E-state index contributed by atoms with van der Waals surface area (Å²) in [5.41, 5.74) is 0. The summed E-state index contributed by atoms with van der Waals surface area (Å²) >= 11 is 0. The van der Waals surface area contributed by atoms with Crippen molar-refractivity contribution in [2.24, 2.45) is 0 Å². The number of carboxylic acid groups (broad SMARTS) is 1. The van der Waals surface area contributed by atoms with E-state index in [4.69, 9.17) is 14.2 Å². The molecule has 0 N–H and O–H groups in total. The highest BCUT2D eigenvalue weighted by atomic mass is 16.6. The van der Waals surface area contributed by atoms with Crippen LogP contribution in [0.2, 0.25) is 0 Å². The van der Waals surface area contributed by atoms with Crippen molar-refractivity contribution in [3.8, 4) is 0 Å². The van der Waals surface area contributed by atoms with Gasteiger partial charge in [-0.3, -0.25) is 9.59 Å². The summed E-state index contributed by atoms with van der Waals surface area (Å²) < 4.78 is 17.1. The SMILES string of the molecule is CCCCC/C=C/C/C=C/C/C=C/C/C=C/C/C=C/CCCCC(=O)OCC(COCCC(C(=O)[O-])[N+](C)(C)C)OC(=O)CCCC/C=C/C/C=C/C/C=C/C/C=C/C/C=C/CCCCC. The molecule has 0 aromatic carbocycles. The van der Waals surface area contributed by atoms with E-state index in [2.05, 4.69) is 135 Å². The summed E-state index contributed by atoms with van der Waals surface area (Å²) in [5.74, 6) is -1.86. The van der Waals surface area contributed by atoms with Crippen LogP contribution in [0.4, 0.5) is 0 Å². The number of aliphatic carboxylic acids is 1. The number of rotatable bonds is 44. The molecule has 0 aromatic rings. The Hall–Kier alpha value is -4.27. The molecule has 2 unspecified atom stereocenters. The number of nitrogens with zero attached hydrogens (tertiary/aromatic N) is 1. The molecule has 0 saturated heterocycles. The molecule has 0 heterocycles. The number of likely N-dealkylation sites (N-methyl/N-ethyl adjacent to an activating group) is 1. The molecule has 0 aromatic heterocycles. The van der Waals surface area contributed by atoms with Gasteiger partial charge in [0.2, 0.25) is 0 Å². The van der Waals surface area contributed by atoms with Gasteiger partial charge in [0.1, 0.15) is 12.6 Å². The van der Waals surface area contributed by atoms with Gasteiger partial charge in [0.25, 0.3) is 0 Å². The van der Waals surface area contributed by atoms with E-state index < -0.39 is 18.1 Å². The molecule has 0 radical (unpaired) electrons. The second-order valence-corrected chi connectivity index (χ2v) is 17.7. The monoisotopic (exact) mass is 916 g/mol. The lowest BCUT2D eigenvalue weighted by Crippen LogP contribution is -2.55. The first-order valence-electron chi connectivity index (χ1n) is 25.6. The highest BCUT2D eigenvalue weighted by Gasteiger charge is 2.25. The highest BCUT2D eigenvalue weighted by Crippen LogP contribution is 2.11.